The van der Waals surface area contributed by atoms with Gasteiger partial charge in [-0.05, 0) is 33.0 Å². The van der Waals surface area contributed by atoms with E-state index in [1.165, 1.54) is 5.56 Å². The summed E-state index contributed by atoms with van der Waals surface area (Å²) in [7, 11) is 2.10. The number of halogens is 1. The second kappa shape index (κ2) is 4.80. The van der Waals surface area contributed by atoms with Crippen LogP contribution in [0.5, 0.6) is 0 Å². The van der Waals surface area contributed by atoms with Crippen molar-refractivity contribution in [3.8, 4) is 0 Å². The first-order valence-electron chi connectivity index (χ1n) is 4.75. The minimum Gasteiger partial charge on any atom is -0.398 e. The molecule has 1 aromatic carbocycles. The first-order valence-corrected chi connectivity index (χ1v) is 5.54. The van der Waals surface area contributed by atoms with Gasteiger partial charge in [-0.1, -0.05) is 22.0 Å². The lowest BCUT2D eigenvalue weighted by atomic mass is 10.1. The Morgan fingerprint density at radius 2 is 2.07 bits per heavy atom. The molecule has 14 heavy (non-hydrogen) atoms. The molecular formula is C11H17BrN2. The second-order valence-corrected chi connectivity index (χ2v) is 4.67. The molecule has 78 valence electrons. The summed E-state index contributed by atoms with van der Waals surface area (Å²) in [5.41, 5.74) is 7.94. The molecule has 0 radical (unpaired) electrons. The van der Waals surface area contributed by atoms with Crippen LogP contribution in [0.1, 0.15) is 19.4 Å². The highest BCUT2D eigenvalue weighted by molar-refractivity contribution is 9.10. The van der Waals surface area contributed by atoms with Crippen LogP contribution in [-0.2, 0) is 6.54 Å². The zero-order valence-electron chi connectivity index (χ0n) is 8.92. The average molecular weight is 257 g/mol. The molecule has 0 aromatic heterocycles. The van der Waals surface area contributed by atoms with Crippen LogP contribution in [0, 0.1) is 0 Å². The number of hydrogen-bond acceptors (Lipinski definition) is 2. The van der Waals surface area contributed by atoms with Crippen LogP contribution < -0.4 is 5.73 Å². The standard InChI is InChI=1S/C11H17BrN2/c1-8(2)14(3)7-9-10(12)5-4-6-11(9)13/h4-6,8H,7,13H2,1-3H3. The topological polar surface area (TPSA) is 29.3 Å². The van der Waals surface area contributed by atoms with E-state index in [0.717, 1.165) is 16.7 Å². The number of anilines is 1. The summed E-state index contributed by atoms with van der Waals surface area (Å²) in [6, 6.07) is 6.45. The Kier molecular flexibility index (Phi) is 3.96. The highest BCUT2D eigenvalue weighted by Crippen LogP contribution is 2.24. The Balaban J connectivity index is 2.85. The van der Waals surface area contributed by atoms with Gasteiger partial charge in [0.05, 0.1) is 0 Å². The summed E-state index contributed by atoms with van der Waals surface area (Å²) in [4.78, 5) is 2.26. The predicted molar refractivity (Wildman–Crippen MR) is 65.2 cm³/mol. The van der Waals surface area contributed by atoms with E-state index in [2.05, 4.69) is 41.7 Å². The molecule has 0 aliphatic rings. The van der Waals surface area contributed by atoms with Gasteiger partial charge in [-0.3, -0.25) is 4.90 Å². The summed E-state index contributed by atoms with van der Waals surface area (Å²) >= 11 is 3.52. The Morgan fingerprint density at radius 1 is 1.43 bits per heavy atom. The van der Waals surface area contributed by atoms with E-state index < -0.39 is 0 Å². The van der Waals surface area contributed by atoms with Gasteiger partial charge in [-0.25, -0.2) is 0 Å². The monoisotopic (exact) mass is 256 g/mol. The molecule has 0 heterocycles. The van der Waals surface area contributed by atoms with Crippen LogP contribution in [0.25, 0.3) is 0 Å². The van der Waals surface area contributed by atoms with Crippen LogP contribution >= 0.6 is 15.9 Å². The molecule has 0 saturated heterocycles. The van der Waals surface area contributed by atoms with Crippen molar-refractivity contribution in [3.05, 3.63) is 28.2 Å². The van der Waals surface area contributed by atoms with Crippen LogP contribution in [0.15, 0.2) is 22.7 Å². The maximum Gasteiger partial charge on any atom is 0.0371 e. The highest BCUT2D eigenvalue weighted by atomic mass is 79.9. The summed E-state index contributed by atoms with van der Waals surface area (Å²) in [5, 5.41) is 0. The van der Waals surface area contributed by atoms with Crippen molar-refractivity contribution < 1.29 is 0 Å². The van der Waals surface area contributed by atoms with Crippen molar-refractivity contribution in [2.75, 3.05) is 12.8 Å². The van der Waals surface area contributed by atoms with Crippen molar-refractivity contribution >= 4 is 21.6 Å². The number of nitrogens with two attached hydrogens (primary N) is 1. The summed E-state index contributed by atoms with van der Waals surface area (Å²) in [6.45, 7) is 5.23. The van der Waals surface area contributed by atoms with E-state index in [1.807, 2.05) is 18.2 Å². The van der Waals surface area contributed by atoms with Gasteiger partial charge < -0.3 is 5.73 Å². The predicted octanol–water partition coefficient (Wildman–Crippen LogP) is 2.87. The van der Waals surface area contributed by atoms with Crippen molar-refractivity contribution in [2.24, 2.45) is 0 Å². The van der Waals surface area contributed by atoms with Gasteiger partial charge in [-0.2, -0.15) is 0 Å². The summed E-state index contributed by atoms with van der Waals surface area (Å²) in [6.07, 6.45) is 0. The molecule has 0 saturated carbocycles. The van der Waals surface area contributed by atoms with Crippen LogP contribution in [0.2, 0.25) is 0 Å². The molecule has 0 amide bonds. The van der Waals surface area contributed by atoms with Gasteiger partial charge >= 0.3 is 0 Å². The van der Waals surface area contributed by atoms with Crippen molar-refractivity contribution in [3.63, 3.8) is 0 Å². The first-order chi connectivity index (χ1) is 6.52. The molecule has 0 unspecified atom stereocenters. The Labute approximate surface area is 94.2 Å². The zero-order valence-corrected chi connectivity index (χ0v) is 10.5. The van der Waals surface area contributed by atoms with E-state index >= 15 is 0 Å². The van der Waals surface area contributed by atoms with E-state index in [0.29, 0.717) is 6.04 Å². The molecule has 2 nitrogen and oxygen atoms in total. The molecule has 0 bridgehead atoms. The van der Waals surface area contributed by atoms with Crippen molar-refractivity contribution in [1.29, 1.82) is 0 Å². The molecule has 1 aromatic rings. The van der Waals surface area contributed by atoms with Crippen LogP contribution in [0.3, 0.4) is 0 Å². The van der Waals surface area contributed by atoms with Crippen LogP contribution in [-0.4, -0.2) is 18.0 Å². The minimum absolute atomic E-state index is 0.529. The molecule has 0 atom stereocenters. The SMILES string of the molecule is CC(C)N(C)Cc1c(N)cccc1Br. The third-order valence-electron chi connectivity index (χ3n) is 2.44. The molecule has 0 aliphatic carbocycles. The van der Waals surface area contributed by atoms with Crippen molar-refractivity contribution in [2.45, 2.75) is 26.4 Å². The maximum atomic E-state index is 5.91. The van der Waals surface area contributed by atoms with Gasteiger partial charge in [0, 0.05) is 28.3 Å². The zero-order chi connectivity index (χ0) is 10.7. The third-order valence-corrected chi connectivity index (χ3v) is 3.19. The minimum atomic E-state index is 0.529. The molecular weight excluding hydrogens is 240 g/mol. The van der Waals surface area contributed by atoms with Gasteiger partial charge in [0.15, 0.2) is 0 Å². The fourth-order valence-electron chi connectivity index (χ4n) is 1.17. The smallest absolute Gasteiger partial charge is 0.0371 e. The molecule has 0 fully saturated rings. The van der Waals surface area contributed by atoms with Crippen molar-refractivity contribution in [1.82, 2.24) is 4.90 Å². The van der Waals surface area contributed by atoms with E-state index in [9.17, 15) is 0 Å². The maximum absolute atomic E-state index is 5.91. The largest absolute Gasteiger partial charge is 0.398 e. The Hall–Kier alpha value is -0.540. The summed E-state index contributed by atoms with van der Waals surface area (Å²) < 4.78 is 1.09. The normalized spacial score (nSPS) is 11.3. The lowest BCUT2D eigenvalue weighted by Gasteiger charge is -2.22. The van der Waals surface area contributed by atoms with Gasteiger partial charge in [0.1, 0.15) is 0 Å². The first kappa shape index (κ1) is 11.5. The number of rotatable bonds is 3. The third kappa shape index (κ3) is 2.72. The number of nitrogen functional groups attached to an aromatic ring is 1. The number of hydrogen-bond donors (Lipinski definition) is 1. The molecule has 3 heteroatoms. The molecule has 0 spiro atoms. The molecule has 2 N–H and O–H groups in total. The Morgan fingerprint density at radius 3 is 2.57 bits per heavy atom. The fraction of sp³-hybridized carbons (Fsp3) is 0.455. The number of benzene rings is 1. The summed E-state index contributed by atoms with van der Waals surface area (Å²) in [5.74, 6) is 0. The average Bonchev–Trinajstić information content (AvgIpc) is 2.11. The lowest BCUT2D eigenvalue weighted by molar-refractivity contribution is 0.266. The Bertz CT molecular complexity index is 290. The molecule has 0 aliphatic heterocycles. The second-order valence-electron chi connectivity index (χ2n) is 3.82. The van der Waals surface area contributed by atoms with Gasteiger partial charge in [0.2, 0.25) is 0 Å². The molecule has 1 rings (SSSR count). The van der Waals surface area contributed by atoms with E-state index in [4.69, 9.17) is 5.73 Å². The van der Waals surface area contributed by atoms with E-state index in [-0.39, 0.29) is 0 Å². The number of nitrogens with zero attached hydrogens (tertiary/aromatic N) is 1. The lowest BCUT2D eigenvalue weighted by Crippen LogP contribution is -2.26. The quantitative estimate of drug-likeness (QED) is 0.843. The highest BCUT2D eigenvalue weighted by Gasteiger charge is 2.09. The van der Waals surface area contributed by atoms with E-state index in [1.54, 1.807) is 0 Å². The van der Waals surface area contributed by atoms with Gasteiger partial charge in [0.25, 0.3) is 0 Å². The fourth-order valence-corrected chi connectivity index (χ4v) is 1.68. The van der Waals surface area contributed by atoms with Gasteiger partial charge in [-0.15, -0.1) is 0 Å². The van der Waals surface area contributed by atoms with Crippen LogP contribution in [0.4, 0.5) is 5.69 Å².